The van der Waals surface area contributed by atoms with Gasteiger partial charge in [0, 0.05) is 5.56 Å². The Bertz CT molecular complexity index is 844. The maximum Gasteiger partial charge on any atom is 0.339 e. The summed E-state index contributed by atoms with van der Waals surface area (Å²) < 4.78 is 29.8. The highest BCUT2D eigenvalue weighted by molar-refractivity contribution is 7.87. The van der Waals surface area contributed by atoms with Crippen LogP contribution in [-0.4, -0.2) is 8.42 Å². The molecule has 0 heterocycles. The Morgan fingerprint density at radius 1 is 1.09 bits per heavy atom. The van der Waals surface area contributed by atoms with Gasteiger partial charge >= 0.3 is 10.1 Å². The van der Waals surface area contributed by atoms with Crippen LogP contribution in [0.25, 0.3) is 5.76 Å². The summed E-state index contributed by atoms with van der Waals surface area (Å²) in [5, 5.41) is 8.87. The van der Waals surface area contributed by atoms with Gasteiger partial charge in [-0.1, -0.05) is 41.5 Å². The standard InChI is InChI=1S/C17H15NO3S/c1-13-6-8-16(9-7-13)22(19,20)21-17(10-11-18)15-5-3-4-14(2)12-15/h3-10,12H,1-2H3. The van der Waals surface area contributed by atoms with E-state index in [0.29, 0.717) is 5.56 Å². The van der Waals surface area contributed by atoms with Crippen LogP contribution in [0.1, 0.15) is 16.7 Å². The molecule has 4 nitrogen and oxygen atoms in total. The van der Waals surface area contributed by atoms with Gasteiger partial charge in [-0.05, 0) is 32.0 Å². The van der Waals surface area contributed by atoms with E-state index < -0.39 is 10.1 Å². The van der Waals surface area contributed by atoms with E-state index in [1.165, 1.54) is 12.1 Å². The Morgan fingerprint density at radius 2 is 1.77 bits per heavy atom. The zero-order valence-corrected chi connectivity index (χ0v) is 13.1. The summed E-state index contributed by atoms with van der Waals surface area (Å²) in [6.07, 6.45) is 1.08. The smallest absolute Gasteiger partial charge is 0.339 e. The first-order valence-electron chi connectivity index (χ1n) is 6.60. The van der Waals surface area contributed by atoms with Gasteiger partial charge in [0.15, 0.2) is 5.76 Å². The summed E-state index contributed by atoms with van der Waals surface area (Å²) in [4.78, 5) is 0.0505. The summed E-state index contributed by atoms with van der Waals surface area (Å²) in [5.74, 6) is 0.00627. The highest BCUT2D eigenvalue weighted by atomic mass is 32.2. The molecule has 0 saturated carbocycles. The summed E-state index contributed by atoms with van der Waals surface area (Å²) in [5.41, 5.74) is 2.43. The van der Waals surface area contributed by atoms with Gasteiger partial charge in [-0.2, -0.15) is 13.7 Å². The van der Waals surface area contributed by atoms with Crippen molar-refractivity contribution in [2.75, 3.05) is 0 Å². The Hall–Kier alpha value is -2.58. The number of rotatable bonds is 4. The second-order valence-corrected chi connectivity index (χ2v) is 6.40. The van der Waals surface area contributed by atoms with Crippen molar-refractivity contribution in [1.82, 2.24) is 0 Å². The van der Waals surface area contributed by atoms with Crippen LogP contribution in [0.15, 0.2) is 59.5 Å². The van der Waals surface area contributed by atoms with Crippen molar-refractivity contribution in [3.63, 3.8) is 0 Å². The van der Waals surface area contributed by atoms with Crippen LogP contribution < -0.4 is 0 Å². The number of nitrogens with zero attached hydrogens (tertiary/aromatic N) is 1. The van der Waals surface area contributed by atoms with Crippen LogP contribution in [0.3, 0.4) is 0 Å². The fourth-order valence-electron chi connectivity index (χ4n) is 1.88. The first kappa shape index (κ1) is 15.8. The predicted molar refractivity (Wildman–Crippen MR) is 84.2 cm³/mol. The van der Waals surface area contributed by atoms with Gasteiger partial charge in [0.25, 0.3) is 0 Å². The molecule has 0 spiro atoms. The van der Waals surface area contributed by atoms with Crippen molar-refractivity contribution in [2.45, 2.75) is 18.7 Å². The molecule has 0 aromatic heterocycles. The van der Waals surface area contributed by atoms with E-state index >= 15 is 0 Å². The molecule has 0 atom stereocenters. The molecule has 2 rings (SSSR count). The lowest BCUT2D eigenvalue weighted by atomic mass is 10.1. The molecule has 22 heavy (non-hydrogen) atoms. The van der Waals surface area contributed by atoms with E-state index in [1.807, 2.05) is 26.0 Å². The van der Waals surface area contributed by atoms with Crippen molar-refractivity contribution >= 4 is 15.9 Å². The molecule has 0 aliphatic rings. The van der Waals surface area contributed by atoms with E-state index in [2.05, 4.69) is 0 Å². The lowest BCUT2D eigenvalue weighted by molar-refractivity contribution is 0.463. The largest absolute Gasteiger partial charge is 0.378 e. The minimum absolute atomic E-state index is 0.00627. The molecule has 0 radical (unpaired) electrons. The Kier molecular flexibility index (Phi) is 4.64. The third-order valence-corrected chi connectivity index (χ3v) is 4.26. The lowest BCUT2D eigenvalue weighted by Crippen LogP contribution is -2.06. The van der Waals surface area contributed by atoms with Crippen molar-refractivity contribution in [2.24, 2.45) is 0 Å². The molecular weight excluding hydrogens is 298 g/mol. The fraction of sp³-hybridized carbons (Fsp3) is 0.118. The highest BCUT2D eigenvalue weighted by Crippen LogP contribution is 2.23. The zero-order chi connectivity index (χ0) is 16.2. The highest BCUT2D eigenvalue weighted by Gasteiger charge is 2.19. The molecule has 2 aromatic rings. The maximum absolute atomic E-state index is 12.3. The normalized spacial score (nSPS) is 11.8. The van der Waals surface area contributed by atoms with Gasteiger partial charge in [-0.25, -0.2) is 0 Å². The van der Waals surface area contributed by atoms with Crippen molar-refractivity contribution in [3.05, 3.63) is 71.3 Å². The molecule has 0 aliphatic carbocycles. The van der Waals surface area contributed by atoms with Crippen LogP contribution in [-0.2, 0) is 14.3 Å². The Morgan fingerprint density at radius 3 is 2.36 bits per heavy atom. The SMILES string of the molecule is Cc1ccc(S(=O)(=O)OC(=CC#N)c2cccc(C)c2)cc1. The van der Waals surface area contributed by atoms with E-state index in [1.54, 1.807) is 30.3 Å². The van der Waals surface area contributed by atoms with E-state index in [4.69, 9.17) is 9.44 Å². The fourth-order valence-corrected chi connectivity index (χ4v) is 2.83. The van der Waals surface area contributed by atoms with Gasteiger partial charge in [-0.15, -0.1) is 0 Å². The van der Waals surface area contributed by atoms with E-state index in [0.717, 1.165) is 17.2 Å². The molecule has 0 amide bonds. The van der Waals surface area contributed by atoms with Crippen LogP contribution in [0.5, 0.6) is 0 Å². The molecular formula is C17H15NO3S. The van der Waals surface area contributed by atoms with Crippen molar-refractivity contribution in [1.29, 1.82) is 5.26 Å². The number of hydrogen-bond donors (Lipinski definition) is 0. The second kappa shape index (κ2) is 6.46. The molecule has 0 saturated heterocycles. The number of nitriles is 1. The van der Waals surface area contributed by atoms with Gasteiger partial charge in [0.2, 0.25) is 0 Å². The number of allylic oxidation sites excluding steroid dienone is 1. The zero-order valence-electron chi connectivity index (χ0n) is 12.3. The Labute approximate surface area is 130 Å². The first-order valence-corrected chi connectivity index (χ1v) is 8.01. The van der Waals surface area contributed by atoms with Gasteiger partial charge in [-0.3, -0.25) is 0 Å². The molecule has 112 valence electrons. The monoisotopic (exact) mass is 313 g/mol. The summed E-state index contributed by atoms with van der Waals surface area (Å²) in [6, 6.07) is 15.3. The molecule has 0 fully saturated rings. The van der Waals surface area contributed by atoms with Crippen LogP contribution >= 0.6 is 0 Å². The molecule has 0 unspecified atom stereocenters. The van der Waals surface area contributed by atoms with Crippen molar-refractivity contribution < 1.29 is 12.6 Å². The minimum atomic E-state index is -3.98. The van der Waals surface area contributed by atoms with E-state index in [9.17, 15) is 8.42 Å². The average Bonchev–Trinajstić information content (AvgIpc) is 2.47. The number of hydrogen-bond acceptors (Lipinski definition) is 4. The Balaban J connectivity index is 2.38. The summed E-state index contributed by atoms with van der Waals surface area (Å²) in [6.45, 7) is 3.74. The van der Waals surface area contributed by atoms with Crippen LogP contribution in [0.4, 0.5) is 0 Å². The molecule has 0 bridgehead atoms. The average molecular weight is 313 g/mol. The quantitative estimate of drug-likeness (QED) is 0.491. The van der Waals surface area contributed by atoms with Gasteiger partial charge < -0.3 is 4.18 Å². The van der Waals surface area contributed by atoms with Crippen LogP contribution in [0, 0.1) is 25.2 Å². The molecule has 5 heteroatoms. The third-order valence-electron chi connectivity index (χ3n) is 3.01. The van der Waals surface area contributed by atoms with Crippen molar-refractivity contribution in [3.8, 4) is 6.07 Å². The summed E-state index contributed by atoms with van der Waals surface area (Å²) in [7, 11) is -3.98. The maximum atomic E-state index is 12.3. The minimum Gasteiger partial charge on any atom is -0.378 e. The lowest BCUT2D eigenvalue weighted by Gasteiger charge is -2.10. The first-order chi connectivity index (χ1) is 10.4. The molecule has 2 aromatic carbocycles. The molecule has 0 N–H and O–H groups in total. The topological polar surface area (TPSA) is 67.2 Å². The van der Waals surface area contributed by atoms with Gasteiger partial charge in [0.1, 0.15) is 4.90 Å². The third kappa shape index (κ3) is 3.74. The molecule has 0 aliphatic heterocycles. The second-order valence-electron chi connectivity index (χ2n) is 4.86. The number of benzene rings is 2. The van der Waals surface area contributed by atoms with Gasteiger partial charge in [0.05, 0.1) is 12.1 Å². The van der Waals surface area contributed by atoms with Crippen LogP contribution in [0.2, 0.25) is 0 Å². The predicted octanol–water partition coefficient (Wildman–Crippen LogP) is 3.57. The number of aryl methyl sites for hydroxylation is 2. The summed E-state index contributed by atoms with van der Waals surface area (Å²) >= 11 is 0. The van der Waals surface area contributed by atoms with E-state index in [-0.39, 0.29) is 10.7 Å².